The van der Waals surface area contributed by atoms with Crippen LogP contribution in [0.2, 0.25) is 0 Å². The van der Waals surface area contributed by atoms with E-state index in [4.69, 9.17) is 13.9 Å². The van der Waals surface area contributed by atoms with Crippen LogP contribution in [0.15, 0.2) is 71.4 Å². The molecule has 0 spiro atoms. The molecule has 0 saturated carbocycles. The minimum atomic E-state index is -0.719. The summed E-state index contributed by atoms with van der Waals surface area (Å²) in [5.74, 6) is 2.16. The highest BCUT2D eigenvalue weighted by atomic mass is 16.5. The summed E-state index contributed by atoms with van der Waals surface area (Å²) in [5.41, 5.74) is 2.54. The molecule has 0 unspecified atom stereocenters. The Morgan fingerprint density at radius 1 is 0.967 bits per heavy atom. The second-order valence-corrected chi connectivity index (χ2v) is 7.59. The monoisotopic (exact) mass is 405 g/mol. The molecule has 4 aromatic rings. The maximum Gasteiger partial charge on any atom is 0.134 e. The number of hydrogen-bond donors (Lipinski definition) is 1. The van der Waals surface area contributed by atoms with Crippen LogP contribution in [-0.2, 0) is 13.0 Å². The SMILES string of the molecule is COc1cc([C@@H](O)[C@H](Cc2cc3ccccc3o2)Cn2cccc2)cc(OC)c1C. The Bertz CT molecular complexity index is 1060. The third-order valence-electron chi connectivity index (χ3n) is 5.61. The zero-order chi connectivity index (χ0) is 21.1. The van der Waals surface area contributed by atoms with Crippen molar-refractivity contribution in [3.63, 3.8) is 0 Å². The van der Waals surface area contributed by atoms with Crippen LogP contribution in [0.25, 0.3) is 11.0 Å². The smallest absolute Gasteiger partial charge is 0.134 e. The molecule has 0 aliphatic rings. The van der Waals surface area contributed by atoms with E-state index < -0.39 is 6.10 Å². The first kappa shape index (κ1) is 20.1. The normalized spacial score (nSPS) is 13.3. The Kier molecular flexibility index (Phi) is 5.81. The summed E-state index contributed by atoms with van der Waals surface area (Å²) >= 11 is 0. The Morgan fingerprint density at radius 3 is 2.27 bits per heavy atom. The van der Waals surface area contributed by atoms with Crippen molar-refractivity contribution >= 4 is 11.0 Å². The van der Waals surface area contributed by atoms with Gasteiger partial charge in [0.15, 0.2) is 0 Å². The highest BCUT2D eigenvalue weighted by Crippen LogP contribution is 2.36. The maximum absolute atomic E-state index is 11.4. The topological polar surface area (TPSA) is 56.8 Å². The first-order chi connectivity index (χ1) is 14.6. The molecule has 1 N–H and O–H groups in total. The van der Waals surface area contributed by atoms with Gasteiger partial charge in [0, 0.05) is 42.2 Å². The van der Waals surface area contributed by atoms with Gasteiger partial charge in [-0.3, -0.25) is 0 Å². The maximum atomic E-state index is 11.4. The third kappa shape index (κ3) is 4.07. The van der Waals surface area contributed by atoms with Crippen LogP contribution >= 0.6 is 0 Å². The minimum Gasteiger partial charge on any atom is -0.496 e. The number of fused-ring (bicyclic) bond motifs is 1. The molecular formula is C25H27NO4. The predicted octanol–water partition coefficient (Wildman–Crippen LogP) is 5.15. The molecule has 2 aromatic heterocycles. The van der Waals surface area contributed by atoms with Crippen LogP contribution in [0.3, 0.4) is 0 Å². The molecule has 4 rings (SSSR count). The number of ether oxygens (including phenoxy) is 2. The standard InChI is InChI=1S/C25H27NO4/c1-17-23(28-2)14-19(15-24(17)29-3)25(27)20(16-26-10-6-7-11-26)13-21-12-18-8-4-5-9-22(18)30-21/h4-12,14-15,20,25,27H,13,16H2,1-3H3/t20-,25-/m1/s1. The van der Waals surface area contributed by atoms with Crippen molar-refractivity contribution in [3.05, 3.63) is 83.9 Å². The summed E-state index contributed by atoms with van der Waals surface area (Å²) in [5, 5.41) is 12.4. The molecule has 0 saturated heterocycles. The van der Waals surface area contributed by atoms with E-state index in [-0.39, 0.29) is 5.92 Å². The zero-order valence-corrected chi connectivity index (χ0v) is 17.5. The van der Waals surface area contributed by atoms with Crippen molar-refractivity contribution in [2.75, 3.05) is 14.2 Å². The van der Waals surface area contributed by atoms with E-state index in [1.54, 1.807) is 14.2 Å². The number of hydrogen-bond acceptors (Lipinski definition) is 4. The number of aliphatic hydroxyl groups excluding tert-OH is 1. The Hall–Kier alpha value is -3.18. The van der Waals surface area contributed by atoms with Crippen molar-refractivity contribution < 1.29 is 19.0 Å². The van der Waals surface area contributed by atoms with Gasteiger partial charge in [-0.1, -0.05) is 18.2 Å². The van der Waals surface area contributed by atoms with E-state index in [0.29, 0.717) is 24.5 Å². The van der Waals surface area contributed by atoms with Crippen LogP contribution in [0.4, 0.5) is 0 Å². The number of benzene rings is 2. The van der Waals surface area contributed by atoms with E-state index in [0.717, 1.165) is 27.9 Å². The number of aromatic nitrogens is 1. The van der Waals surface area contributed by atoms with Gasteiger partial charge in [-0.15, -0.1) is 0 Å². The molecule has 5 nitrogen and oxygen atoms in total. The minimum absolute atomic E-state index is 0.102. The van der Waals surface area contributed by atoms with Gasteiger partial charge in [-0.05, 0) is 48.9 Å². The molecule has 2 heterocycles. The van der Waals surface area contributed by atoms with Crippen molar-refractivity contribution in [3.8, 4) is 11.5 Å². The van der Waals surface area contributed by atoms with Crippen LogP contribution in [-0.4, -0.2) is 23.9 Å². The molecule has 0 fully saturated rings. The third-order valence-corrected chi connectivity index (χ3v) is 5.61. The van der Waals surface area contributed by atoms with Gasteiger partial charge in [0.2, 0.25) is 0 Å². The lowest BCUT2D eigenvalue weighted by molar-refractivity contribution is 0.0939. The van der Waals surface area contributed by atoms with Crippen LogP contribution < -0.4 is 9.47 Å². The lowest BCUT2D eigenvalue weighted by Crippen LogP contribution is -2.21. The Balaban J connectivity index is 1.68. The van der Waals surface area contributed by atoms with Crippen molar-refractivity contribution in [2.45, 2.75) is 26.0 Å². The van der Waals surface area contributed by atoms with Crippen molar-refractivity contribution in [2.24, 2.45) is 5.92 Å². The zero-order valence-electron chi connectivity index (χ0n) is 17.5. The van der Waals surface area contributed by atoms with E-state index in [1.165, 1.54) is 0 Å². The quantitative estimate of drug-likeness (QED) is 0.440. The molecule has 0 aliphatic heterocycles. The lowest BCUT2D eigenvalue weighted by Gasteiger charge is -2.24. The van der Waals surface area contributed by atoms with Crippen LogP contribution in [0.1, 0.15) is 23.0 Å². The molecule has 2 atom stereocenters. The van der Waals surface area contributed by atoms with Gasteiger partial charge in [0.05, 0.1) is 20.3 Å². The molecule has 156 valence electrons. The molecule has 0 radical (unpaired) electrons. The molecule has 0 amide bonds. The fraction of sp³-hybridized carbons (Fsp3) is 0.280. The number of nitrogens with zero attached hydrogens (tertiary/aromatic N) is 1. The molecular weight excluding hydrogens is 378 g/mol. The van der Waals surface area contributed by atoms with E-state index >= 15 is 0 Å². The fourth-order valence-corrected chi connectivity index (χ4v) is 3.98. The van der Waals surface area contributed by atoms with Gasteiger partial charge in [-0.2, -0.15) is 0 Å². The van der Waals surface area contributed by atoms with Crippen LogP contribution in [0, 0.1) is 12.8 Å². The molecule has 0 aliphatic carbocycles. The lowest BCUT2D eigenvalue weighted by atomic mass is 9.90. The summed E-state index contributed by atoms with van der Waals surface area (Å²) in [6.45, 7) is 2.60. The van der Waals surface area contributed by atoms with Crippen molar-refractivity contribution in [1.82, 2.24) is 4.57 Å². The second kappa shape index (κ2) is 8.67. The van der Waals surface area contributed by atoms with Gasteiger partial charge < -0.3 is 23.6 Å². The fourth-order valence-electron chi connectivity index (χ4n) is 3.98. The molecule has 0 bridgehead atoms. The predicted molar refractivity (Wildman–Crippen MR) is 117 cm³/mol. The first-order valence-electron chi connectivity index (χ1n) is 10.1. The first-order valence-corrected chi connectivity index (χ1v) is 10.1. The largest absolute Gasteiger partial charge is 0.496 e. The number of para-hydroxylation sites is 1. The summed E-state index contributed by atoms with van der Waals surface area (Å²) in [4.78, 5) is 0. The molecule has 5 heteroatoms. The summed E-state index contributed by atoms with van der Waals surface area (Å²) in [6.07, 6.45) is 3.90. The van der Waals surface area contributed by atoms with Crippen LogP contribution in [0.5, 0.6) is 11.5 Å². The number of aliphatic hydroxyl groups is 1. The molecule has 30 heavy (non-hydrogen) atoms. The summed E-state index contributed by atoms with van der Waals surface area (Å²) < 4.78 is 19.1. The van der Waals surface area contributed by atoms with Gasteiger partial charge >= 0.3 is 0 Å². The number of rotatable bonds is 8. The van der Waals surface area contributed by atoms with E-state index in [9.17, 15) is 5.11 Å². The van der Waals surface area contributed by atoms with Gasteiger partial charge in [0.25, 0.3) is 0 Å². The van der Waals surface area contributed by atoms with E-state index in [1.807, 2.05) is 67.8 Å². The molecule has 2 aromatic carbocycles. The summed E-state index contributed by atoms with van der Waals surface area (Å²) in [6, 6.07) is 17.8. The Morgan fingerprint density at radius 2 is 1.63 bits per heavy atom. The van der Waals surface area contributed by atoms with E-state index in [2.05, 4.69) is 10.6 Å². The van der Waals surface area contributed by atoms with Crippen molar-refractivity contribution in [1.29, 1.82) is 0 Å². The highest BCUT2D eigenvalue weighted by molar-refractivity contribution is 5.77. The average molecular weight is 405 g/mol. The summed E-state index contributed by atoms with van der Waals surface area (Å²) in [7, 11) is 3.26. The van der Waals surface area contributed by atoms with Gasteiger partial charge in [-0.25, -0.2) is 0 Å². The second-order valence-electron chi connectivity index (χ2n) is 7.59. The number of methoxy groups -OCH3 is 2. The Labute approximate surface area is 176 Å². The van der Waals surface area contributed by atoms with Gasteiger partial charge in [0.1, 0.15) is 22.8 Å². The number of furan rings is 1. The highest BCUT2D eigenvalue weighted by Gasteiger charge is 2.25. The average Bonchev–Trinajstić information content (AvgIpc) is 3.42.